The van der Waals surface area contributed by atoms with E-state index in [-0.39, 0.29) is 0 Å². The molecule has 0 amide bonds. The summed E-state index contributed by atoms with van der Waals surface area (Å²) in [6, 6.07) is 2.01. The Morgan fingerprint density at radius 1 is 1.29 bits per heavy atom. The van der Waals surface area contributed by atoms with Crippen molar-refractivity contribution in [1.82, 2.24) is 0 Å². The molecule has 0 radical (unpaired) electrons. The number of halogens is 2. The number of nitrogen functional groups attached to an aromatic ring is 1. The Morgan fingerprint density at radius 2 is 1.88 bits per heavy atom. The lowest BCUT2D eigenvalue weighted by Crippen LogP contribution is -2.23. The van der Waals surface area contributed by atoms with Crippen LogP contribution >= 0.6 is 0 Å². The second kappa shape index (κ2) is 5.07. The minimum atomic E-state index is -1.83. The molecule has 0 fully saturated rings. The number of hydrogen-bond donors (Lipinski definition) is 4. The van der Waals surface area contributed by atoms with Crippen LogP contribution in [-0.2, 0) is 4.79 Å². The highest BCUT2D eigenvalue weighted by Crippen LogP contribution is 2.26. The second-order valence-corrected chi connectivity index (χ2v) is 3.48. The van der Waals surface area contributed by atoms with Gasteiger partial charge in [0.1, 0.15) is 6.10 Å². The lowest BCUT2D eigenvalue weighted by Gasteiger charge is -2.17. The van der Waals surface area contributed by atoms with Gasteiger partial charge >= 0.3 is 5.97 Å². The average Bonchev–Trinajstić information content (AvgIpc) is 2.24. The quantitative estimate of drug-likeness (QED) is 0.577. The smallest absolute Gasteiger partial charge is 0.306 e. The summed E-state index contributed by atoms with van der Waals surface area (Å²) in [6.07, 6.45) is -4.35. The number of aliphatic hydroxyl groups is 2. The van der Waals surface area contributed by atoms with Crippen molar-refractivity contribution >= 4 is 11.7 Å². The van der Waals surface area contributed by atoms with Crippen molar-refractivity contribution in [1.29, 1.82) is 0 Å². The Hall–Kier alpha value is -1.73. The largest absolute Gasteiger partial charge is 0.481 e. The molecule has 1 aromatic carbocycles. The van der Waals surface area contributed by atoms with Crippen LogP contribution in [0.25, 0.3) is 0 Å². The highest BCUT2D eigenvalue weighted by atomic mass is 19.2. The van der Waals surface area contributed by atoms with Crippen molar-refractivity contribution in [2.45, 2.75) is 18.6 Å². The number of benzene rings is 1. The van der Waals surface area contributed by atoms with Gasteiger partial charge in [0.25, 0.3) is 0 Å². The predicted molar refractivity (Wildman–Crippen MR) is 54.0 cm³/mol. The molecular weight excluding hydrogens is 236 g/mol. The highest BCUT2D eigenvalue weighted by Gasteiger charge is 2.25. The third kappa shape index (κ3) is 2.89. The summed E-state index contributed by atoms with van der Waals surface area (Å²) in [4.78, 5) is 10.3. The van der Waals surface area contributed by atoms with Gasteiger partial charge in [-0.3, -0.25) is 4.79 Å². The number of nitrogens with two attached hydrogens (primary N) is 1. The van der Waals surface area contributed by atoms with Gasteiger partial charge in [0.05, 0.1) is 18.2 Å². The van der Waals surface area contributed by atoms with Crippen LogP contribution in [0, 0.1) is 11.6 Å². The molecule has 2 unspecified atom stereocenters. The predicted octanol–water partition coefficient (Wildman–Crippen LogP) is 0.416. The summed E-state index contributed by atoms with van der Waals surface area (Å²) >= 11 is 0. The molecule has 0 saturated carbocycles. The van der Waals surface area contributed by atoms with Crippen LogP contribution in [-0.4, -0.2) is 27.4 Å². The zero-order valence-electron chi connectivity index (χ0n) is 8.60. The molecule has 5 nitrogen and oxygen atoms in total. The lowest BCUT2D eigenvalue weighted by molar-refractivity contribution is -0.141. The van der Waals surface area contributed by atoms with E-state index in [9.17, 15) is 23.8 Å². The summed E-state index contributed by atoms with van der Waals surface area (Å²) < 4.78 is 26.4. The summed E-state index contributed by atoms with van der Waals surface area (Å²) in [5.41, 5.74) is 4.12. The number of carboxylic acid groups (broad SMARTS) is 1. The molecule has 0 spiro atoms. The Bertz CT molecular complexity index is 439. The standard InChI is InChI=1S/C10H11F2NO4/c11-8-4(1-2-5(13)9(8)12)10(17)6(14)3-7(15)16/h1-2,6,10,14,17H,3,13H2,(H,15,16). The second-order valence-electron chi connectivity index (χ2n) is 3.48. The number of rotatable bonds is 4. The van der Waals surface area contributed by atoms with E-state index in [0.29, 0.717) is 0 Å². The van der Waals surface area contributed by atoms with Crippen LogP contribution in [0.4, 0.5) is 14.5 Å². The first-order chi connectivity index (χ1) is 7.84. The maximum absolute atomic E-state index is 13.3. The summed E-state index contributed by atoms with van der Waals surface area (Å²) in [5, 5.41) is 27.1. The zero-order chi connectivity index (χ0) is 13.2. The van der Waals surface area contributed by atoms with Crippen LogP contribution in [0.1, 0.15) is 18.1 Å². The molecule has 1 aromatic rings. The van der Waals surface area contributed by atoms with E-state index >= 15 is 0 Å². The van der Waals surface area contributed by atoms with E-state index in [2.05, 4.69) is 0 Å². The molecule has 94 valence electrons. The molecule has 0 aliphatic heterocycles. The molecule has 0 aliphatic rings. The zero-order valence-corrected chi connectivity index (χ0v) is 8.60. The number of anilines is 1. The Kier molecular flexibility index (Phi) is 3.97. The molecule has 0 saturated heterocycles. The Labute approximate surface area is 95.1 Å². The van der Waals surface area contributed by atoms with Gasteiger partial charge in [-0.2, -0.15) is 0 Å². The fourth-order valence-electron chi connectivity index (χ4n) is 1.31. The van der Waals surface area contributed by atoms with E-state index in [1.54, 1.807) is 0 Å². The van der Waals surface area contributed by atoms with Crippen molar-refractivity contribution < 1.29 is 28.9 Å². The third-order valence-electron chi connectivity index (χ3n) is 2.21. The number of carbonyl (C=O) groups is 1. The van der Waals surface area contributed by atoms with Gasteiger partial charge in [0.15, 0.2) is 11.6 Å². The molecule has 5 N–H and O–H groups in total. The summed E-state index contributed by atoms with van der Waals surface area (Å²) in [5.74, 6) is -4.11. The number of aliphatic hydroxyl groups excluding tert-OH is 2. The summed E-state index contributed by atoms with van der Waals surface area (Å²) in [6.45, 7) is 0. The van der Waals surface area contributed by atoms with Crippen molar-refractivity contribution in [2.24, 2.45) is 0 Å². The van der Waals surface area contributed by atoms with E-state index in [4.69, 9.17) is 10.8 Å². The number of hydrogen-bond acceptors (Lipinski definition) is 4. The topological polar surface area (TPSA) is 104 Å². The van der Waals surface area contributed by atoms with E-state index in [1.165, 1.54) is 0 Å². The molecule has 0 bridgehead atoms. The van der Waals surface area contributed by atoms with Crippen molar-refractivity contribution in [3.63, 3.8) is 0 Å². The summed E-state index contributed by atoms with van der Waals surface area (Å²) in [7, 11) is 0. The molecule has 2 atom stereocenters. The maximum atomic E-state index is 13.3. The molecular formula is C10H11F2NO4. The van der Waals surface area contributed by atoms with Crippen LogP contribution in [0.3, 0.4) is 0 Å². The van der Waals surface area contributed by atoms with Crippen LogP contribution in [0.2, 0.25) is 0 Å². The van der Waals surface area contributed by atoms with Gasteiger partial charge < -0.3 is 21.1 Å². The molecule has 0 aromatic heterocycles. The van der Waals surface area contributed by atoms with Crippen molar-refractivity contribution in [2.75, 3.05) is 5.73 Å². The molecule has 0 aliphatic carbocycles. The molecule has 0 heterocycles. The van der Waals surface area contributed by atoms with Crippen LogP contribution in [0.15, 0.2) is 12.1 Å². The minimum absolute atomic E-state index is 0.439. The number of aliphatic carboxylic acids is 1. The van der Waals surface area contributed by atoms with Gasteiger partial charge in [0.2, 0.25) is 0 Å². The van der Waals surface area contributed by atoms with E-state index in [1.807, 2.05) is 0 Å². The molecule has 17 heavy (non-hydrogen) atoms. The van der Waals surface area contributed by atoms with Crippen LogP contribution < -0.4 is 5.73 Å². The third-order valence-corrected chi connectivity index (χ3v) is 2.21. The fourth-order valence-corrected chi connectivity index (χ4v) is 1.31. The van der Waals surface area contributed by atoms with Gasteiger partial charge in [-0.1, -0.05) is 6.07 Å². The van der Waals surface area contributed by atoms with Gasteiger partial charge in [-0.05, 0) is 6.07 Å². The van der Waals surface area contributed by atoms with Crippen molar-refractivity contribution in [3.8, 4) is 0 Å². The van der Waals surface area contributed by atoms with Gasteiger partial charge in [-0.15, -0.1) is 0 Å². The SMILES string of the molecule is Nc1ccc(C(O)C(O)CC(=O)O)c(F)c1F. The monoisotopic (exact) mass is 247 g/mol. The normalized spacial score (nSPS) is 14.4. The maximum Gasteiger partial charge on any atom is 0.306 e. The Morgan fingerprint density at radius 3 is 2.41 bits per heavy atom. The first kappa shape index (κ1) is 13.3. The van der Waals surface area contributed by atoms with E-state index in [0.717, 1.165) is 12.1 Å². The van der Waals surface area contributed by atoms with E-state index < -0.39 is 47.5 Å². The fraction of sp³-hybridized carbons (Fsp3) is 0.300. The van der Waals surface area contributed by atoms with Crippen molar-refractivity contribution in [3.05, 3.63) is 29.3 Å². The first-order valence-electron chi connectivity index (χ1n) is 4.66. The molecule has 1 rings (SSSR count). The van der Waals surface area contributed by atoms with Gasteiger partial charge in [0, 0.05) is 5.56 Å². The number of carboxylic acids is 1. The highest BCUT2D eigenvalue weighted by molar-refractivity contribution is 5.67. The Balaban J connectivity index is 3.00. The average molecular weight is 247 g/mol. The minimum Gasteiger partial charge on any atom is -0.481 e. The molecule has 7 heteroatoms. The first-order valence-corrected chi connectivity index (χ1v) is 4.66. The van der Waals surface area contributed by atoms with Crippen LogP contribution in [0.5, 0.6) is 0 Å². The lowest BCUT2D eigenvalue weighted by atomic mass is 10.0. The van der Waals surface area contributed by atoms with Gasteiger partial charge in [-0.25, -0.2) is 8.78 Å².